The first-order valence-electron chi connectivity index (χ1n) is 32.6. The van der Waals surface area contributed by atoms with Crippen LogP contribution in [0.25, 0.3) is 0 Å². The van der Waals surface area contributed by atoms with Crippen LogP contribution in [0.3, 0.4) is 0 Å². The Morgan fingerprint density at radius 2 is 0.837 bits per heavy atom. The number of carboxylic acid groups (broad SMARTS) is 8. The van der Waals surface area contributed by atoms with Crippen molar-refractivity contribution in [2.45, 2.75) is 189 Å². The van der Waals surface area contributed by atoms with E-state index in [4.69, 9.17) is 5.11 Å². The monoisotopic (exact) mass is 1420 g/mol. The van der Waals surface area contributed by atoms with Gasteiger partial charge < -0.3 is 78.1 Å². The number of benzene rings is 1. The zero-order valence-electron chi connectivity index (χ0n) is 56.8. The molecule has 1 fully saturated rings. The number of carbonyl (C=O) groups is 14. The number of unbranched alkanes of at least 4 members (excludes halogenated alkanes) is 5. The lowest BCUT2D eigenvalue weighted by molar-refractivity contribution is -0.145. The molecule has 1 saturated heterocycles. The Bertz CT molecular complexity index is 2820. The maximum atomic E-state index is 17.1. The summed E-state index contributed by atoms with van der Waals surface area (Å²) in [5, 5.41) is 94.4. The molecule has 98 heavy (non-hydrogen) atoms. The van der Waals surface area contributed by atoms with Gasteiger partial charge in [0, 0.05) is 118 Å². The van der Waals surface area contributed by atoms with Crippen molar-refractivity contribution in [2.24, 2.45) is 0 Å². The van der Waals surface area contributed by atoms with Crippen molar-refractivity contribution in [1.29, 1.82) is 0 Å². The van der Waals surface area contributed by atoms with Crippen LogP contribution in [-0.4, -0.2) is 275 Å². The van der Waals surface area contributed by atoms with E-state index in [0.717, 1.165) is 0 Å². The van der Waals surface area contributed by atoms with Crippen LogP contribution in [0.15, 0.2) is 29.2 Å². The summed E-state index contributed by atoms with van der Waals surface area (Å²) < 4.78 is 15.5. The number of nitrogens with zero attached hydrogens (tertiary/aromatic N) is 4. The Labute approximate surface area is 570 Å². The van der Waals surface area contributed by atoms with Crippen molar-refractivity contribution in [3.63, 3.8) is 0 Å². The molecule has 1 aliphatic heterocycles. The molecule has 0 bridgehead atoms. The predicted molar refractivity (Wildman–Crippen MR) is 354 cm³/mol. The van der Waals surface area contributed by atoms with E-state index in [1.54, 1.807) is 41.5 Å². The summed E-state index contributed by atoms with van der Waals surface area (Å²) in [6.07, 6.45) is 1.62. The molecule has 0 saturated carbocycles. The van der Waals surface area contributed by atoms with Crippen LogP contribution in [0.2, 0.25) is 0 Å². The summed E-state index contributed by atoms with van der Waals surface area (Å²) >= 11 is 0. The van der Waals surface area contributed by atoms with E-state index in [0.29, 0.717) is 37.0 Å². The van der Waals surface area contributed by atoms with Crippen molar-refractivity contribution in [2.75, 3.05) is 91.6 Å². The first-order valence-corrected chi connectivity index (χ1v) is 34.2. The summed E-state index contributed by atoms with van der Waals surface area (Å²) in [7, 11) is -2.99. The third-order valence-electron chi connectivity index (χ3n) is 16.1. The van der Waals surface area contributed by atoms with E-state index in [9.17, 15) is 103 Å². The summed E-state index contributed by atoms with van der Waals surface area (Å²) in [6.45, 7) is 9.18. The highest BCUT2D eigenvalue weighted by Gasteiger charge is 2.48. The number of rotatable bonds is 43. The van der Waals surface area contributed by atoms with Gasteiger partial charge in [0.1, 0.15) is 30.2 Å². The summed E-state index contributed by atoms with van der Waals surface area (Å²) in [5.41, 5.74) is 0.0630. The second-order valence-electron chi connectivity index (χ2n) is 25.9. The number of hydrogen-bond donors (Lipinski definition) is 15. The van der Waals surface area contributed by atoms with E-state index in [2.05, 4.69) is 31.9 Å². The fourth-order valence-electron chi connectivity index (χ4n) is 11.0. The molecular formula is C63H102FN11O22S. The van der Waals surface area contributed by atoms with E-state index < -0.39 is 173 Å². The van der Waals surface area contributed by atoms with Crippen molar-refractivity contribution >= 4 is 93.7 Å². The molecule has 1 aromatic rings. The van der Waals surface area contributed by atoms with Crippen LogP contribution in [-0.2, 0) is 57.5 Å². The number of carboxylic acids is 8. The third kappa shape index (κ3) is 32.8. The zero-order valence-corrected chi connectivity index (χ0v) is 57.6. The molecule has 0 aromatic heterocycles. The summed E-state index contributed by atoms with van der Waals surface area (Å²) in [5.74, 6) is -13.7. The fraction of sp³-hybridized carbons (Fsp3) is 0.683. The van der Waals surface area contributed by atoms with Gasteiger partial charge in [0.25, 0.3) is 5.91 Å². The molecule has 554 valence electrons. The minimum atomic E-state index is -2.99. The summed E-state index contributed by atoms with van der Waals surface area (Å²) in [4.78, 5) is 180. The summed E-state index contributed by atoms with van der Waals surface area (Å²) in [6, 6.07) is -2.78. The fourth-order valence-corrected chi connectivity index (χ4v) is 14.8. The number of halogens is 1. The minimum Gasteiger partial charge on any atom is -0.481 e. The van der Waals surface area contributed by atoms with Gasteiger partial charge in [0.15, 0.2) is 0 Å². The molecule has 0 aliphatic carbocycles. The average molecular weight is 1420 g/mol. The molecule has 15 N–H and O–H groups in total. The highest BCUT2D eigenvalue weighted by molar-refractivity contribution is 8.31. The Hall–Kier alpha value is -8.28. The molecule has 33 nitrogen and oxygen atoms in total. The van der Waals surface area contributed by atoms with Crippen molar-refractivity contribution in [3.8, 4) is 0 Å². The maximum Gasteiger partial charge on any atom is 0.326 e. The normalized spacial score (nSPS) is 15.7. The number of urea groups is 1. The zero-order chi connectivity index (χ0) is 73.9. The lowest BCUT2D eigenvalue weighted by Gasteiger charge is -2.52. The third-order valence-corrected chi connectivity index (χ3v) is 20.4. The standard InChI is InChI=1S/C63H102FN11O22S/c1-62(2,3)98(64,63(4,5)6)42-21-19-41(20-22-42)55(87)67-37-46(68-50(78)25-24-47(60(95)96)75-35-33-73(39-53(83)84)31-29-72(38-52(81)82)30-32-74(34-36-75)40-54(85)86)56(88)69-43(57(89)90)15-11-13-27-65-48(76)17-9-7-8-10-18-49(77)66-28-14-12-16-44(58(91)92)70-61(97)71-45(59(93)94)23-26-51(79)80/h19-22,43-47H,7-18,23-40H2,1-6H3,(H,65,76)(H,66,77)(H,67,87)(H,68,78)(H,69,88)(H,79,80)(H,81,82)(H,83,84)(H,85,86)(H,89,90)(H,91,92)(H,93,94)(H,95,96)(H2,70,71,97)/t43-,44+,45+,46+,47-/m1/s1. The first kappa shape index (κ1) is 85.8. The minimum absolute atomic E-state index is 0.0307. The smallest absolute Gasteiger partial charge is 0.326 e. The largest absolute Gasteiger partial charge is 0.481 e. The topological polar surface area (TPSA) is 498 Å². The Morgan fingerprint density at radius 3 is 1.22 bits per heavy atom. The number of aliphatic carboxylic acids is 8. The molecule has 5 atom stereocenters. The van der Waals surface area contributed by atoms with Gasteiger partial charge in [0.2, 0.25) is 23.6 Å². The van der Waals surface area contributed by atoms with Gasteiger partial charge in [0.05, 0.1) is 19.6 Å². The molecule has 1 heterocycles. The lowest BCUT2D eigenvalue weighted by atomic mass is 10.1. The predicted octanol–water partition coefficient (Wildman–Crippen LogP) is 1.81. The molecular weight excluding hydrogens is 1310 g/mol. The quantitative estimate of drug-likeness (QED) is 0.0415. The van der Waals surface area contributed by atoms with Crippen molar-refractivity contribution in [1.82, 2.24) is 56.8 Å². The maximum absolute atomic E-state index is 17.1. The Balaban J connectivity index is 2.09. The molecule has 35 heteroatoms. The molecule has 2 rings (SSSR count). The Kier molecular flexibility index (Phi) is 37.8. The van der Waals surface area contributed by atoms with Gasteiger partial charge in [-0.25, -0.2) is 19.2 Å². The van der Waals surface area contributed by atoms with Crippen LogP contribution < -0.4 is 37.2 Å². The van der Waals surface area contributed by atoms with Crippen LogP contribution >= 0.6 is 10.4 Å². The van der Waals surface area contributed by atoms with Crippen LogP contribution in [0.1, 0.15) is 155 Å². The van der Waals surface area contributed by atoms with E-state index >= 15 is 3.89 Å². The number of carbonyl (C=O) groups excluding carboxylic acids is 6. The highest BCUT2D eigenvalue weighted by atomic mass is 32.3. The van der Waals surface area contributed by atoms with E-state index in [1.807, 2.05) is 5.32 Å². The molecule has 0 spiro atoms. The van der Waals surface area contributed by atoms with Gasteiger partial charge in [-0.15, -0.1) is 0 Å². The van der Waals surface area contributed by atoms with Crippen LogP contribution in [0, 0.1) is 0 Å². The van der Waals surface area contributed by atoms with Crippen LogP contribution in [0.4, 0.5) is 8.68 Å². The van der Waals surface area contributed by atoms with Gasteiger partial charge in [-0.05, 0) is 130 Å². The molecule has 0 unspecified atom stereocenters. The highest BCUT2D eigenvalue weighted by Crippen LogP contribution is 2.73. The van der Waals surface area contributed by atoms with E-state index in [1.165, 1.54) is 43.9 Å². The van der Waals surface area contributed by atoms with Gasteiger partial charge in [-0.3, -0.25) is 67.5 Å². The van der Waals surface area contributed by atoms with E-state index in [-0.39, 0.29) is 128 Å². The molecule has 0 radical (unpaired) electrons. The molecule has 7 amide bonds. The van der Waals surface area contributed by atoms with Crippen LogP contribution in [0.5, 0.6) is 0 Å². The first-order chi connectivity index (χ1) is 45.8. The lowest BCUT2D eigenvalue weighted by Crippen LogP contribution is -2.56. The number of amides is 7. The number of hydrogen-bond acceptors (Lipinski definition) is 18. The van der Waals surface area contributed by atoms with Crippen molar-refractivity contribution < 1.29 is 112 Å². The second-order valence-corrected chi connectivity index (χ2v) is 29.9. The molecule has 1 aromatic carbocycles. The van der Waals surface area contributed by atoms with Gasteiger partial charge >= 0.3 is 53.8 Å². The average Bonchev–Trinajstić information content (AvgIpc) is 0.749. The SMILES string of the molecule is CC(C)(C)S(F)(c1ccc(C(=O)NC[C@H](NC(=O)CC[C@H](C(=O)O)N2CCN(CC(=O)O)CCN(CC(=O)O)CCN(CC(=O)O)CC2)C(=O)N[C@H](CCCCNC(=O)CCCCCCC(=O)NCCCC[C@H](NC(=O)N[C@@H](CCC(=O)O)C(=O)O)C(=O)O)C(=O)O)cc1)C(C)(C)C. The van der Waals surface area contributed by atoms with Crippen molar-refractivity contribution in [3.05, 3.63) is 29.8 Å². The van der Waals surface area contributed by atoms with Gasteiger partial charge in [-0.1, -0.05) is 23.3 Å². The number of nitrogens with one attached hydrogen (secondary N) is 7. The molecule has 1 aliphatic rings. The second kappa shape index (κ2) is 43.2. The Morgan fingerprint density at radius 1 is 0.429 bits per heavy atom. The van der Waals surface area contributed by atoms with Gasteiger partial charge in [-0.2, -0.15) is 3.89 Å².